The zero-order valence-electron chi connectivity index (χ0n) is 17.3. The zero-order valence-corrected chi connectivity index (χ0v) is 20.4. The maximum absolute atomic E-state index is 6.19. The van der Waals surface area contributed by atoms with Crippen molar-refractivity contribution in [3.63, 3.8) is 0 Å². The van der Waals surface area contributed by atoms with Gasteiger partial charge in [0.15, 0.2) is 0 Å². The molecule has 0 aliphatic heterocycles. The fourth-order valence-corrected chi connectivity index (χ4v) is 4.21. The summed E-state index contributed by atoms with van der Waals surface area (Å²) in [5, 5.41) is 18.7. The minimum Gasteiger partial charge on any atom is -0.278 e. The minimum atomic E-state index is 0.514. The SMILES string of the molecule is Cc1ccccc1CBr.Clc1ccc(Cl)c(Cn2cc(-c3ccc4[nH]ncc4c3)nn2)c1. The number of benzene rings is 3. The van der Waals surface area contributed by atoms with Crippen molar-refractivity contribution in [1.29, 1.82) is 0 Å². The van der Waals surface area contributed by atoms with Crippen LogP contribution >= 0.6 is 39.1 Å². The molecule has 2 aromatic heterocycles. The molecule has 1 N–H and O–H groups in total. The van der Waals surface area contributed by atoms with Crippen LogP contribution in [0.15, 0.2) is 73.1 Å². The molecule has 0 aliphatic carbocycles. The van der Waals surface area contributed by atoms with E-state index in [1.54, 1.807) is 23.0 Å². The van der Waals surface area contributed by atoms with E-state index in [1.165, 1.54) is 11.1 Å². The number of rotatable bonds is 4. The van der Waals surface area contributed by atoms with Gasteiger partial charge in [-0.05, 0) is 53.9 Å². The summed E-state index contributed by atoms with van der Waals surface area (Å²) in [5.74, 6) is 0. The van der Waals surface area contributed by atoms with Gasteiger partial charge in [0.2, 0.25) is 0 Å². The largest absolute Gasteiger partial charge is 0.278 e. The van der Waals surface area contributed by atoms with E-state index in [0.717, 1.165) is 33.1 Å². The Kier molecular flexibility index (Phi) is 7.25. The number of aromatic amines is 1. The fourth-order valence-electron chi connectivity index (χ4n) is 3.21. The molecule has 0 amide bonds. The smallest absolute Gasteiger partial charge is 0.113 e. The van der Waals surface area contributed by atoms with E-state index in [4.69, 9.17) is 23.2 Å². The normalized spacial score (nSPS) is 10.8. The zero-order chi connectivity index (χ0) is 22.5. The molecule has 162 valence electrons. The molecule has 5 nitrogen and oxygen atoms in total. The highest BCUT2D eigenvalue weighted by Gasteiger charge is 2.08. The molecule has 0 saturated carbocycles. The number of fused-ring (bicyclic) bond motifs is 1. The summed E-state index contributed by atoms with van der Waals surface area (Å²) in [5.41, 5.74) is 6.41. The van der Waals surface area contributed by atoms with Gasteiger partial charge in [0.05, 0.1) is 24.5 Å². The van der Waals surface area contributed by atoms with E-state index < -0.39 is 0 Å². The molecular formula is C24H20BrCl2N5. The molecular weight excluding hydrogens is 509 g/mol. The van der Waals surface area contributed by atoms with Crippen LogP contribution in [0.2, 0.25) is 10.0 Å². The molecule has 3 aromatic carbocycles. The molecule has 8 heteroatoms. The first-order chi connectivity index (χ1) is 15.5. The summed E-state index contributed by atoms with van der Waals surface area (Å²) >= 11 is 15.6. The molecule has 0 aliphatic rings. The second-order valence-corrected chi connectivity index (χ2v) is 8.67. The number of aromatic nitrogens is 5. The molecule has 2 heterocycles. The highest BCUT2D eigenvalue weighted by molar-refractivity contribution is 9.08. The molecule has 5 aromatic rings. The van der Waals surface area contributed by atoms with E-state index >= 15 is 0 Å². The van der Waals surface area contributed by atoms with E-state index in [2.05, 4.69) is 67.6 Å². The van der Waals surface area contributed by atoms with Crippen LogP contribution in [0.1, 0.15) is 16.7 Å². The van der Waals surface area contributed by atoms with Gasteiger partial charge in [-0.25, -0.2) is 4.68 Å². The van der Waals surface area contributed by atoms with Crippen LogP contribution in [0.3, 0.4) is 0 Å². The van der Waals surface area contributed by atoms with Crippen molar-refractivity contribution < 1.29 is 0 Å². The number of nitrogens with zero attached hydrogens (tertiary/aromatic N) is 4. The lowest BCUT2D eigenvalue weighted by molar-refractivity contribution is 0.650. The summed E-state index contributed by atoms with van der Waals surface area (Å²) in [6, 6.07) is 19.7. The van der Waals surface area contributed by atoms with Gasteiger partial charge in [0.25, 0.3) is 0 Å². The number of nitrogens with one attached hydrogen (secondary N) is 1. The second-order valence-electron chi connectivity index (χ2n) is 7.27. The molecule has 0 spiro atoms. The number of aryl methyl sites for hydroxylation is 1. The van der Waals surface area contributed by atoms with Gasteiger partial charge in [-0.3, -0.25) is 5.10 Å². The molecule has 0 unspecified atom stereocenters. The summed E-state index contributed by atoms with van der Waals surface area (Å²) in [6.07, 6.45) is 3.67. The Morgan fingerprint density at radius 1 is 1.00 bits per heavy atom. The summed E-state index contributed by atoms with van der Waals surface area (Å²) in [4.78, 5) is 0. The van der Waals surface area contributed by atoms with E-state index in [9.17, 15) is 0 Å². The van der Waals surface area contributed by atoms with Gasteiger partial charge in [0, 0.05) is 26.3 Å². The van der Waals surface area contributed by atoms with Crippen molar-refractivity contribution in [2.45, 2.75) is 18.8 Å². The average molecular weight is 529 g/mol. The van der Waals surface area contributed by atoms with Gasteiger partial charge in [-0.1, -0.05) is 74.7 Å². The first-order valence-electron chi connectivity index (χ1n) is 9.91. The first kappa shape index (κ1) is 22.5. The summed E-state index contributed by atoms with van der Waals surface area (Å²) < 4.78 is 1.74. The Balaban J connectivity index is 0.000000230. The van der Waals surface area contributed by atoms with Crippen LogP contribution in [-0.2, 0) is 11.9 Å². The maximum Gasteiger partial charge on any atom is 0.113 e. The van der Waals surface area contributed by atoms with Gasteiger partial charge < -0.3 is 0 Å². The molecule has 0 radical (unpaired) electrons. The standard InChI is InChI=1S/C16H11Cl2N5.C8H9Br/c17-13-2-3-14(18)12(6-13)8-23-9-16(21-22-23)10-1-4-15-11(5-10)7-19-20-15;1-7-4-2-3-5-8(7)6-9/h1-7,9H,8H2,(H,19,20);2-5H,6H2,1H3. The van der Waals surface area contributed by atoms with Crippen molar-refractivity contribution in [2.75, 3.05) is 0 Å². The molecule has 0 saturated heterocycles. The summed E-state index contributed by atoms with van der Waals surface area (Å²) in [6.45, 7) is 2.64. The van der Waals surface area contributed by atoms with Crippen LogP contribution < -0.4 is 0 Å². The van der Waals surface area contributed by atoms with Gasteiger partial charge in [0.1, 0.15) is 5.69 Å². The Hall–Kier alpha value is -2.67. The van der Waals surface area contributed by atoms with Crippen LogP contribution in [0.25, 0.3) is 22.2 Å². The number of hydrogen-bond donors (Lipinski definition) is 1. The highest BCUT2D eigenvalue weighted by Crippen LogP contribution is 2.24. The first-order valence-corrected chi connectivity index (χ1v) is 11.8. The molecule has 0 bridgehead atoms. The Labute approximate surface area is 204 Å². The predicted molar refractivity (Wildman–Crippen MR) is 134 cm³/mol. The molecule has 5 rings (SSSR count). The lowest BCUT2D eigenvalue weighted by Gasteiger charge is -2.04. The number of H-pyrrole nitrogens is 1. The lowest BCUT2D eigenvalue weighted by atomic mass is 10.1. The lowest BCUT2D eigenvalue weighted by Crippen LogP contribution is -2.01. The number of halogens is 3. The van der Waals surface area contributed by atoms with Crippen molar-refractivity contribution >= 4 is 50.0 Å². The second kappa shape index (κ2) is 10.3. The fraction of sp³-hybridized carbons (Fsp3) is 0.125. The van der Waals surface area contributed by atoms with Crippen LogP contribution in [0.5, 0.6) is 0 Å². The van der Waals surface area contributed by atoms with Crippen molar-refractivity contribution in [1.82, 2.24) is 25.2 Å². The van der Waals surface area contributed by atoms with Gasteiger partial charge in [-0.2, -0.15) is 5.10 Å². The third kappa shape index (κ3) is 5.38. The third-order valence-corrected chi connectivity index (χ3v) is 6.23. The molecule has 0 fully saturated rings. The summed E-state index contributed by atoms with van der Waals surface area (Å²) in [7, 11) is 0. The molecule has 0 atom stereocenters. The predicted octanol–water partition coefficient (Wildman–Crippen LogP) is 7.07. The van der Waals surface area contributed by atoms with Crippen molar-refractivity contribution in [2.24, 2.45) is 0 Å². The van der Waals surface area contributed by atoms with E-state index in [-0.39, 0.29) is 0 Å². The van der Waals surface area contributed by atoms with Crippen LogP contribution in [0, 0.1) is 6.92 Å². The van der Waals surface area contributed by atoms with Gasteiger partial charge >= 0.3 is 0 Å². The van der Waals surface area contributed by atoms with E-state index in [0.29, 0.717) is 16.6 Å². The van der Waals surface area contributed by atoms with Crippen molar-refractivity contribution in [3.8, 4) is 11.3 Å². The topological polar surface area (TPSA) is 59.4 Å². The maximum atomic E-state index is 6.19. The monoisotopic (exact) mass is 527 g/mol. The quantitative estimate of drug-likeness (QED) is 0.254. The third-order valence-electron chi connectivity index (χ3n) is 5.02. The number of alkyl halides is 1. The molecule has 32 heavy (non-hydrogen) atoms. The number of hydrogen-bond acceptors (Lipinski definition) is 3. The Bertz CT molecular complexity index is 1350. The average Bonchev–Trinajstić information content (AvgIpc) is 3.46. The van der Waals surface area contributed by atoms with Crippen molar-refractivity contribution in [3.05, 3.63) is 99.8 Å². The van der Waals surface area contributed by atoms with Crippen LogP contribution in [0.4, 0.5) is 0 Å². The minimum absolute atomic E-state index is 0.514. The Morgan fingerprint density at radius 3 is 2.62 bits per heavy atom. The van der Waals surface area contributed by atoms with Gasteiger partial charge in [-0.15, -0.1) is 5.10 Å². The van der Waals surface area contributed by atoms with E-state index in [1.807, 2.05) is 30.5 Å². The Morgan fingerprint density at radius 2 is 1.84 bits per heavy atom. The highest BCUT2D eigenvalue weighted by atomic mass is 79.9. The van der Waals surface area contributed by atoms with Crippen LogP contribution in [-0.4, -0.2) is 25.2 Å².